The van der Waals surface area contributed by atoms with Gasteiger partial charge in [0.05, 0.1) is 12.2 Å². The predicted octanol–water partition coefficient (Wildman–Crippen LogP) is 2.17. The lowest BCUT2D eigenvalue weighted by Crippen LogP contribution is -2.37. The molecule has 1 aliphatic carbocycles. The molecule has 3 nitrogen and oxygen atoms in total. The lowest BCUT2D eigenvalue weighted by atomic mass is 9.82. The quantitative estimate of drug-likeness (QED) is 0.784. The Morgan fingerprint density at radius 2 is 2.12 bits per heavy atom. The Kier molecular flexibility index (Phi) is 5.42. The van der Waals surface area contributed by atoms with Crippen LogP contribution in [0.25, 0.3) is 0 Å². The molecule has 0 spiro atoms. The van der Waals surface area contributed by atoms with Gasteiger partial charge >= 0.3 is 0 Å². The summed E-state index contributed by atoms with van der Waals surface area (Å²) in [5.74, 6) is 0.883. The van der Waals surface area contributed by atoms with Gasteiger partial charge in [-0.1, -0.05) is 13.8 Å². The van der Waals surface area contributed by atoms with Crippen molar-refractivity contribution in [1.82, 2.24) is 0 Å². The molecule has 0 amide bonds. The van der Waals surface area contributed by atoms with Crippen LogP contribution in [0.15, 0.2) is 0 Å². The minimum absolute atomic E-state index is 0.00610. The number of ketones is 1. The van der Waals surface area contributed by atoms with Crippen LogP contribution in [0.2, 0.25) is 0 Å². The van der Waals surface area contributed by atoms with Gasteiger partial charge in [-0.25, -0.2) is 0 Å². The minimum Gasteiger partial charge on any atom is -0.393 e. The molecule has 16 heavy (non-hydrogen) atoms. The number of hydrogen-bond donors (Lipinski definition) is 1. The molecule has 94 valence electrons. The van der Waals surface area contributed by atoms with Gasteiger partial charge in [0.15, 0.2) is 0 Å². The van der Waals surface area contributed by atoms with Crippen molar-refractivity contribution in [3.8, 4) is 0 Å². The van der Waals surface area contributed by atoms with Gasteiger partial charge in [-0.05, 0) is 25.7 Å². The SMILES string of the molecule is CC(C)CCOC(C)C1CC(=O)CCC1O. The van der Waals surface area contributed by atoms with Gasteiger partial charge in [0.25, 0.3) is 0 Å². The molecule has 0 aliphatic heterocycles. The Labute approximate surface area is 98.2 Å². The first kappa shape index (κ1) is 13.7. The lowest BCUT2D eigenvalue weighted by Gasteiger charge is -2.31. The fourth-order valence-electron chi connectivity index (χ4n) is 2.12. The molecule has 3 unspecified atom stereocenters. The summed E-state index contributed by atoms with van der Waals surface area (Å²) in [5, 5.41) is 9.83. The topological polar surface area (TPSA) is 46.5 Å². The molecule has 0 aromatic heterocycles. The highest BCUT2D eigenvalue weighted by Crippen LogP contribution is 2.26. The first-order valence-corrected chi connectivity index (χ1v) is 6.32. The number of aliphatic hydroxyl groups is 1. The molecule has 0 heterocycles. The average Bonchev–Trinajstić information content (AvgIpc) is 2.21. The van der Waals surface area contributed by atoms with Crippen LogP contribution in [-0.4, -0.2) is 29.7 Å². The van der Waals surface area contributed by atoms with Crippen molar-refractivity contribution in [2.75, 3.05) is 6.61 Å². The lowest BCUT2D eigenvalue weighted by molar-refractivity contribution is -0.128. The van der Waals surface area contributed by atoms with Crippen molar-refractivity contribution in [1.29, 1.82) is 0 Å². The van der Waals surface area contributed by atoms with E-state index in [2.05, 4.69) is 13.8 Å². The van der Waals surface area contributed by atoms with Crippen molar-refractivity contribution in [3.63, 3.8) is 0 Å². The van der Waals surface area contributed by atoms with Crippen LogP contribution in [0, 0.1) is 11.8 Å². The van der Waals surface area contributed by atoms with E-state index in [0.29, 0.717) is 25.2 Å². The van der Waals surface area contributed by atoms with Crippen molar-refractivity contribution in [3.05, 3.63) is 0 Å². The molecule has 3 heteroatoms. The van der Waals surface area contributed by atoms with Gasteiger partial charge < -0.3 is 9.84 Å². The van der Waals surface area contributed by atoms with Crippen LogP contribution in [0.5, 0.6) is 0 Å². The second kappa shape index (κ2) is 6.36. The Bertz CT molecular complexity index is 225. The van der Waals surface area contributed by atoms with Gasteiger partial charge in [-0.3, -0.25) is 4.79 Å². The van der Waals surface area contributed by atoms with E-state index in [9.17, 15) is 9.90 Å². The first-order chi connectivity index (χ1) is 7.50. The molecule has 1 fully saturated rings. The number of ether oxygens (including phenoxy) is 1. The Morgan fingerprint density at radius 3 is 2.75 bits per heavy atom. The molecule has 0 radical (unpaired) electrons. The number of hydrogen-bond acceptors (Lipinski definition) is 3. The van der Waals surface area contributed by atoms with E-state index in [4.69, 9.17) is 4.74 Å². The zero-order valence-corrected chi connectivity index (χ0v) is 10.6. The summed E-state index contributed by atoms with van der Waals surface area (Å²) < 4.78 is 5.70. The van der Waals surface area contributed by atoms with E-state index in [0.717, 1.165) is 13.0 Å². The number of Topliss-reactive ketones (excluding diaryl/α,β-unsaturated/α-hetero) is 1. The van der Waals surface area contributed by atoms with Crippen molar-refractivity contribution < 1.29 is 14.6 Å². The third-order valence-electron chi connectivity index (χ3n) is 3.36. The standard InChI is InChI=1S/C13H24O3/c1-9(2)6-7-16-10(3)12-8-11(14)4-5-13(12)15/h9-10,12-13,15H,4-8H2,1-3H3. The van der Waals surface area contributed by atoms with Gasteiger partial charge in [0.2, 0.25) is 0 Å². The summed E-state index contributed by atoms with van der Waals surface area (Å²) in [7, 11) is 0. The molecule has 3 atom stereocenters. The van der Waals surface area contributed by atoms with E-state index in [1.54, 1.807) is 0 Å². The molecule has 1 rings (SSSR count). The summed E-state index contributed by atoms with van der Waals surface area (Å²) >= 11 is 0. The zero-order chi connectivity index (χ0) is 12.1. The highest BCUT2D eigenvalue weighted by atomic mass is 16.5. The van der Waals surface area contributed by atoms with Gasteiger partial charge in [0, 0.05) is 25.4 Å². The molecular weight excluding hydrogens is 204 g/mol. The fraction of sp³-hybridized carbons (Fsp3) is 0.923. The Balaban J connectivity index is 2.33. The predicted molar refractivity (Wildman–Crippen MR) is 63.2 cm³/mol. The fourth-order valence-corrected chi connectivity index (χ4v) is 2.12. The van der Waals surface area contributed by atoms with Crippen LogP contribution >= 0.6 is 0 Å². The van der Waals surface area contributed by atoms with Gasteiger partial charge in [-0.15, -0.1) is 0 Å². The molecular formula is C13H24O3. The molecule has 1 N–H and O–H groups in total. The number of rotatable bonds is 5. The van der Waals surface area contributed by atoms with Crippen LogP contribution in [0.3, 0.4) is 0 Å². The normalized spacial score (nSPS) is 28.4. The highest BCUT2D eigenvalue weighted by molar-refractivity contribution is 5.79. The largest absolute Gasteiger partial charge is 0.393 e. The van der Waals surface area contributed by atoms with E-state index in [1.165, 1.54) is 0 Å². The van der Waals surface area contributed by atoms with Gasteiger partial charge in [0.1, 0.15) is 5.78 Å². The average molecular weight is 228 g/mol. The molecule has 0 aromatic rings. The second-order valence-corrected chi connectivity index (χ2v) is 5.27. The monoisotopic (exact) mass is 228 g/mol. The van der Waals surface area contributed by atoms with Gasteiger partial charge in [-0.2, -0.15) is 0 Å². The zero-order valence-electron chi connectivity index (χ0n) is 10.6. The maximum atomic E-state index is 11.3. The van der Waals surface area contributed by atoms with E-state index < -0.39 is 0 Å². The van der Waals surface area contributed by atoms with Crippen molar-refractivity contribution in [2.45, 2.75) is 58.7 Å². The smallest absolute Gasteiger partial charge is 0.133 e. The third-order valence-corrected chi connectivity index (χ3v) is 3.36. The van der Waals surface area contributed by atoms with E-state index >= 15 is 0 Å². The second-order valence-electron chi connectivity index (χ2n) is 5.27. The maximum absolute atomic E-state index is 11.3. The third kappa shape index (κ3) is 4.22. The minimum atomic E-state index is -0.369. The molecule has 0 saturated heterocycles. The maximum Gasteiger partial charge on any atom is 0.133 e. The van der Waals surface area contributed by atoms with Crippen molar-refractivity contribution in [2.24, 2.45) is 11.8 Å². The molecule has 0 bridgehead atoms. The Hall–Kier alpha value is -0.410. The summed E-state index contributed by atoms with van der Waals surface area (Å²) in [4.78, 5) is 11.3. The van der Waals surface area contributed by atoms with E-state index in [1.807, 2.05) is 6.92 Å². The van der Waals surface area contributed by atoms with Crippen LogP contribution in [0.4, 0.5) is 0 Å². The number of carbonyl (C=O) groups excluding carboxylic acids is 1. The van der Waals surface area contributed by atoms with Crippen LogP contribution < -0.4 is 0 Å². The first-order valence-electron chi connectivity index (χ1n) is 6.32. The van der Waals surface area contributed by atoms with E-state index in [-0.39, 0.29) is 23.9 Å². The summed E-state index contributed by atoms with van der Waals surface area (Å²) in [5.41, 5.74) is 0. The van der Waals surface area contributed by atoms with Crippen molar-refractivity contribution >= 4 is 5.78 Å². The molecule has 0 aromatic carbocycles. The highest BCUT2D eigenvalue weighted by Gasteiger charge is 2.32. The summed E-state index contributed by atoms with van der Waals surface area (Å²) in [6, 6.07) is 0. The number of carbonyl (C=O) groups is 1. The molecule has 1 saturated carbocycles. The number of aliphatic hydroxyl groups excluding tert-OH is 1. The Morgan fingerprint density at radius 1 is 1.44 bits per heavy atom. The molecule has 1 aliphatic rings. The van der Waals surface area contributed by atoms with Crippen LogP contribution in [-0.2, 0) is 9.53 Å². The summed E-state index contributed by atoms with van der Waals surface area (Å²) in [6.45, 7) is 7.00. The van der Waals surface area contributed by atoms with Crippen LogP contribution in [0.1, 0.15) is 46.5 Å². The summed E-state index contributed by atoms with van der Waals surface area (Å²) in [6.07, 6.45) is 2.24.